The second kappa shape index (κ2) is 6.03. The van der Waals surface area contributed by atoms with Crippen LogP contribution in [-0.4, -0.2) is 32.6 Å². The van der Waals surface area contributed by atoms with E-state index in [-0.39, 0.29) is 16.6 Å². The van der Waals surface area contributed by atoms with Gasteiger partial charge in [0.05, 0.1) is 7.11 Å². The van der Waals surface area contributed by atoms with Gasteiger partial charge in [-0.15, -0.1) is 0 Å². The van der Waals surface area contributed by atoms with Crippen molar-refractivity contribution in [3.05, 3.63) is 24.3 Å². The molecule has 0 radical (unpaired) electrons. The van der Waals surface area contributed by atoms with E-state index in [2.05, 4.69) is 4.72 Å². The molecule has 0 aliphatic rings. The first-order valence-corrected chi connectivity index (χ1v) is 7.16. The summed E-state index contributed by atoms with van der Waals surface area (Å²) >= 11 is 0. The van der Waals surface area contributed by atoms with Gasteiger partial charge in [-0.3, -0.25) is 4.79 Å². The predicted octanol–water partition coefficient (Wildman–Crippen LogP) is 1.08. The molecule has 7 heteroatoms. The Morgan fingerprint density at radius 1 is 1.32 bits per heavy atom. The topological polar surface area (TPSA) is 92.7 Å². The molecule has 106 valence electrons. The average Bonchev–Trinajstić information content (AvgIpc) is 2.35. The molecule has 0 aliphatic heterocycles. The Bertz CT molecular complexity index is 553. The SMILES string of the molecule is COc1ccccc1S(=O)(=O)N[C@@H](C(=O)O)C(C)C. The average molecular weight is 287 g/mol. The maximum Gasteiger partial charge on any atom is 0.322 e. The molecule has 0 saturated heterocycles. The van der Waals surface area contributed by atoms with Gasteiger partial charge in [-0.2, -0.15) is 4.72 Å². The van der Waals surface area contributed by atoms with Crippen LogP contribution in [0.2, 0.25) is 0 Å². The fourth-order valence-electron chi connectivity index (χ4n) is 1.54. The van der Waals surface area contributed by atoms with Gasteiger partial charge < -0.3 is 9.84 Å². The van der Waals surface area contributed by atoms with Crippen LogP contribution in [0.4, 0.5) is 0 Å². The van der Waals surface area contributed by atoms with Gasteiger partial charge in [0.1, 0.15) is 16.7 Å². The predicted molar refractivity (Wildman–Crippen MR) is 69.6 cm³/mol. The largest absolute Gasteiger partial charge is 0.495 e. The Kier molecular flexibility index (Phi) is 4.90. The molecule has 1 rings (SSSR count). The van der Waals surface area contributed by atoms with Gasteiger partial charge in [0, 0.05) is 0 Å². The number of benzene rings is 1. The lowest BCUT2D eigenvalue weighted by molar-refractivity contribution is -0.140. The van der Waals surface area contributed by atoms with Gasteiger partial charge >= 0.3 is 5.97 Å². The fourth-order valence-corrected chi connectivity index (χ4v) is 3.05. The van der Waals surface area contributed by atoms with Crippen LogP contribution in [0.1, 0.15) is 13.8 Å². The van der Waals surface area contributed by atoms with Crippen molar-refractivity contribution in [3.8, 4) is 5.75 Å². The van der Waals surface area contributed by atoms with Crippen LogP contribution in [0.15, 0.2) is 29.2 Å². The quantitative estimate of drug-likeness (QED) is 0.816. The van der Waals surface area contributed by atoms with Crippen LogP contribution in [0.25, 0.3) is 0 Å². The normalized spacial score (nSPS) is 13.3. The van der Waals surface area contributed by atoms with Crippen LogP contribution in [0, 0.1) is 5.92 Å². The number of rotatable bonds is 6. The number of aliphatic carboxylic acids is 1. The van der Waals surface area contributed by atoms with Crippen molar-refractivity contribution in [3.63, 3.8) is 0 Å². The first-order chi connectivity index (χ1) is 8.79. The summed E-state index contributed by atoms with van der Waals surface area (Å²) in [4.78, 5) is 11.0. The number of carboxylic acid groups (broad SMARTS) is 1. The maximum atomic E-state index is 12.2. The minimum absolute atomic E-state index is 0.0793. The fraction of sp³-hybridized carbons (Fsp3) is 0.417. The van der Waals surface area contributed by atoms with E-state index in [9.17, 15) is 13.2 Å². The molecule has 0 bridgehead atoms. The maximum absolute atomic E-state index is 12.2. The summed E-state index contributed by atoms with van der Waals surface area (Å²) in [5.41, 5.74) is 0. The van der Waals surface area contributed by atoms with E-state index in [4.69, 9.17) is 9.84 Å². The van der Waals surface area contributed by atoms with E-state index in [0.717, 1.165) is 0 Å². The van der Waals surface area contributed by atoms with Crippen LogP contribution < -0.4 is 9.46 Å². The smallest absolute Gasteiger partial charge is 0.322 e. The minimum Gasteiger partial charge on any atom is -0.495 e. The second-order valence-corrected chi connectivity index (χ2v) is 6.01. The van der Waals surface area contributed by atoms with Gasteiger partial charge in [-0.25, -0.2) is 8.42 Å². The summed E-state index contributed by atoms with van der Waals surface area (Å²) in [5, 5.41) is 9.02. The zero-order valence-electron chi connectivity index (χ0n) is 11.0. The van der Waals surface area contributed by atoms with Gasteiger partial charge in [0.25, 0.3) is 0 Å². The summed E-state index contributed by atoms with van der Waals surface area (Å²) in [6.45, 7) is 3.26. The lowest BCUT2D eigenvalue weighted by atomic mass is 10.1. The molecule has 0 spiro atoms. The first-order valence-electron chi connectivity index (χ1n) is 5.67. The number of para-hydroxylation sites is 1. The van der Waals surface area contributed by atoms with Crippen molar-refractivity contribution < 1.29 is 23.1 Å². The van der Waals surface area contributed by atoms with E-state index < -0.39 is 22.0 Å². The molecule has 0 heterocycles. The Hall–Kier alpha value is -1.60. The van der Waals surface area contributed by atoms with Crippen LogP contribution in [-0.2, 0) is 14.8 Å². The lowest BCUT2D eigenvalue weighted by Crippen LogP contribution is -2.44. The Balaban J connectivity index is 3.14. The highest BCUT2D eigenvalue weighted by molar-refractivity contribution is 7.89. The molecule has 6 nitrogen and oxygen atoms in total. The summed E-state index contributed by atoms with van der Waals surface area (Å²) < 4.78 is 31.5. The van der Waals surface area contributed by atoms with E-state index >= 15 is 0 Å². The molecule has 1 aromatic rings. The lowest BCUT2D eigenvalue weighted by Gasteiger charge is -2.18. The Labute approximate surface area is 112 Å². The first kappa shape index (κ1) is 15.5. The van der Waals surface area contributed by atoms with Gasteiger partial charge in [-0.1, -0.05) is 26.0 Å². The van der Waals surface area contributed by atoms with Crippen LogP contribution in [0.3, 0.4) is 0 Å². The third-order valence-corrected chi connectivity index (χ3v) is 4.05. The van der Waals surface area contributed by atoms with Crippen molar-refractivity contribution >= 4 is 16.0 Å². The summed E-state index contributed by atoms with van der Waals surface area (Å²) in [6.07, 6.45) is 0. The zero-order valence-corrected chi connectivity index (χ0v) is 11.8. The van der Waals surface area contributed by atoms with Crippen molar-refractivity contribution in [2.24, 2.45) is 5.92 Å². The molecule has 0 aliphatic carbocycles. The highest BCUT2D eigenvalue weighted by atomic mass is 32.2. The third-order valence-electron chi connectivity index (χ3n) is 2.57. The Morgan fingerprint density at radius 3 is 2.37 bits per heavy atom. The van der Waals surface area contributed by atoms with E-state index in [1.54, 1.807) is 26.0 Å². The van der Waals surface area contributed by atoms with Gasteiger partial charge in [0.2, 0.25) is 10.0 Å². The molecule has 0 unspecified atom stereocenters. The monoisotopic (exact) mass is 287 g/mol. The molecule has 1 atom stereocenters. The van der Waals surface area contributed by atoms with E-state index in [1.807, 2.05) is 0 Å². The number of sulfonamides is 1. The van der Waals surface area contributed by atoms with Gasteiger partial charge in [0.15, 0.2) is 0 Å². The summed E-state index contributed by atoms with van der Waals surface area (Å²) in [5.74, 6) is -1.42. The molecular formula is C12H17NO5S. The molecule has 0 saturated carbocycles. The van der Waals surface area contributed by atoms with E-state index in [0.29, 0.717) is 0 Å². The minimum atomic E-state index is -3.95. The zero-order chi connectivity index (χ0) is 14.6. The summed E-state index contributed by atoms with van der Waals surface area (Å²) in [6, 6.07) is 4.85. The van der Waals surface area contributed by atoms with Crippen molar-refractivity contribution in [1.82, 2.24) is 4.72 Å². The number of carbonyl (C=O) groups is 1. The number of carboxylic acids is 1. The molecule has 2 N–H and O–H groups in total. The Morgan fingerprint density at radius 2 is 1.89 bits per heavy atom. The number of nitrogens with one attached hydrogen (secondary N) is 1. The van der Waals surface area contributed by atoms with Crippen LogP contribution in [0.5, 0.6) is 5.75 Å². The number of hydrogen-bond acceptors (Lipinski definition) is 4. The number of methoxy groups -OCH3 is 1. The number of hydrogen-bond donors (Lipinski definition) is 2. The van der Waals surface area contributed by atoms with Crippen molar-refractivity contribution in [1.29, 1.82) is 0 Å². The molecule has 1 aromatic carbocycles. The van der Waals surface area contributed by atoms with Gasteiger partial charge in [-0.05, 0) is 18.1 Å². The molecule has 0 amide bonds. The highest BCUT2D eigenvalue weighted by Crippen LogP contribution is 2.23. The second-order valence-electron chi connectivity index (χ2n) is 4.33. The summed E-state index contributed by atoms with van der Waals surface area (Å²) in [7, 11) is -2.60. The molecular weight excluding hydrogens is 270 g/mol. The number of ether oxygens (including phenoxy) is 1. The van der Waals surface area contributed by atoms with Crippen molar-refractivity contribution in [2.45, 2.75) is 24.8 Å². The molecule has 19 heavy (non-hydrogen) atoms. The molecule has 0 fully saturated rings. The van der Waals surface area contributed by atoms with E-state index in [1.165, 1.54) is 19.2 Å². The molecule has 0 aromatic heterocycles. The standard InChI is InChI=1S/C12H17NO5S/c1-8(2)11(12(14)15)13-19(16,17)10-7-5-4-6-9(10)18-3/h4-8,11,13H,1-3H3,(H,14,15)/t11-/m1/s1. The highest BCUT2D eigenvalue weighted by Gasteiger charge is 2.29. The third kappa shape index (κ3) is 3.68. The van der Waals surface area contributed by atoms with Crippen molar-refractivity contribution in [2.75, 3.05) is 7.11 Å². The van der Waals surface area contributed by atoms with Crippen LogP contribution >= 0.6 is 0 Å².